The first-order valence-corrected chi connectivity index (χ1v) is 18.9. The highest BCUT2D eigenvalue weighted by Crippen LogP contribution is 2.50. The van der Waals surface area contributed by atoms with E-state index in [4.69, 9.17) is 0 Å². The normalized spacial score (nSPS) is 13.0. The van der Waals surface area contributed by atoms with E-state index in [9.17, 15) is 0 Å². The molecule has 0 saturated heterocycles. The van der Waals surface area contributed by atoms with Gasteiger partial charge in [-0.2, -0.15) is 0 Å². The summed E-state index contributed by atoms with van der Waals surface area (Å²) < 4.78 is 1.36. The number of thioether (sulfide) groups is 1. The molecule has 8 rings (SSSR count). The van der Waals surface area contributed by atoms with Crippen LogP contribution in [0.25, 0.3) is 64.2 Å². The molecule has 1 aliphatic rings. The van der Waals surface area contributed by atoms with Crippen LogP contribution in [0, 0.1) is 0 Å². The SMILES string of the molecule is CCCCCCNc1cc2c(cc1NCCCCCC)c1ccc3sc(C4=Cc5cccc6cccc(c56)S4)cc4ccc2c1c43. The van der Waals surface area contributed by atoms with Crippen molar-refractivity contribution < 1.29 is 0 Å². The third-order valence-corrected chi connectivity index (χ3v) is 12.1. The summed E-state index contributed by atoms with van der Waals surface area (Å²) in [5.74, 6) is 0. The molecule has 232 valence electrons. The summed E-state index contributed by atoms with van der Waals surface area (Å²) in [6.07, 6.45) is 12.6. The molecule has 2 nitrogen and oxygen atoms in total. The van der Waals surface area contributed by atoms with Gasteiger partial charge >= 0.3 is 0 Å². The van der Waals surface area contributed by atoms with Gasteiger partial charge in [-0.3, -0.25) is 0 Å². The Labute approximate surface area is 280 Å². The van der Waals surface area contributed by atoms with E-state index >= 15 is 0 Å². The number of hydrogen-bond acceptors (Lipinski definition) is 4. The zero-order chi connectivity index (χ0) is 31.0. The van der Waals surface area contributed by atoms with Crippen LogP contribution in [0.1, 0.15) is 75.7 Å². The van der Waals surface area contributed by atoms with Crippen molar-refractivity contribution in [3.05, 3.63) is 89.3 Å². The maximum absolute atomic E-state index is 3.83. The topological polar surface area (TPSA) is 24.1 Å². The summed E-state index contributed by atoms with van der Waals surface area (Å²) in [7, 11) is 0. The lowest BCUT2D eigenvalue weighted by molar-refractivity contribution is 0.683. The summed E-state index contributed by atoms with van der Waals surface area (Å²) in [6.45, 7) is 6.60. The van der Waals surface area contributed by atoms with Gasteiger partial charge in [0.2, 0.25) is 0 Å². The van der Waals surface area contributed by atoms with Gasteiger partial charge in [-0.25, -0.2) is 0 Å². The third kappa shape index (κ3) is 5.30. The lowest BCUT2D eigenvalue weighted by Crippen LogP contribution is -2.07. The average molecular weight is 639 g/mol. The molecule has 0 amide bonds. The molecule has 0 atom stereocenters. The molecule has 0 radical (unpaired) electrons. The Morgan fingerprint density at radius 1 is 0.565 bits per heavy atom. The second kappa shape index (κ2) is 12.8. The molecule has 1 aromatic heterocycles. The monoisotopic (exact) mass is 638 g/mol. The molecule has 1 aliphatic heterocycles. The molecule has 0 saturated carbocycles. The van der Waals surface area contributed by atoms with Gasteiger partial charge in [-0.1, -0.05) is 113 Å². The van der Waals surface area contributed by atoms with Crippen molar-refractivity contribution in [2.75, 3.05) is 23.7 Å². The third-order valence-electron chi connectivity index (χ3n) is 9.74. The first-order chi connectivity index (χ1) is 22.7. The van der Waals surface area contributed by atoms with E-state index in [1.54, 1.807) is 0 Å². The van der Waals surface area contributed by atoms with Crippen LogP contribution < -0.4 is 10.6 Å². The Morgan fingerprint density at radius 2 is 1.24 bits per heavy atom. The molecule has 0 unspecified atom stereocenters. The largest absolute Gasteiger partial charge is 0.383 e. The highest BCUT2D eigenvalue weighted by atomic mass is 32.2. The van der Waals surface area contributed by atoms with Crippen LogP contribution in [0.15, 0.2) is 83.8 Å². The van der Waals surface area contributed by atoms with Crippen molar-refractivity contribution >= 4 is 98.6 Å². The second-order valence-electron chi connectivity index (χ2n) is 12.9. The standard InChI is InChI=1S/C42H42N2S2/c1-3-5-7-9-21-43-34-25-32-30-18-17-29-24-39(38-23-28-15-11-13-27-14-12-16-36(45-38)40(27)28)46-37-20-19-31(42(30)41(29)37)33(32)26-35(34)44-22-10-8-6-4-2/h11-20,23-26,43-44H,3-10,21-22H2,1-2H3. The van der Waals surface area contributed by atoms with Crippen molar-refractivity contribution in [3.63, 3.8) is 0 Å². The fraction of sp³-hybridized carbons (Fsp3) is 0.286. The first-order valence-electron chi connectivity index (χ1n) is 17.3. The predicted octanol–water partition coefficient (Wildman–Crippen LogP) is 13.5. The lowest BCUT2D eigenvalue weighted by Gasteiger charge is -2.18. The molecule has 0 spiro atoms. The molecule has 46 heavy (non-hydrogen) atoms. The van der Waals surface area contributed by atoms with Crippen LogP contribution in [-0.4, -0.2) is 13.1 Å². The van der Waals surface area contributed by atoms with Crippen molar-refractivity contribution in [1.82, 2.24) is 0 Å². The average Bonchev–Trinajstić information content (AvgIpc) is 3.40. The van der Waals surface area contributed by atoms with Gasteiger partial charge in [0.15, 0.2) is 0 Å². The van der Waals surface area contributed by atoms with Crippen molar-refractivity contribution in [2.24, 2.45) is 0 Å². The lowest BCUT2D eigenvalue weighted by atomic mass is 10.0. The number of nitrogens with one attached hydrogen (secondary N) is 2. The van der Waals surface area contributed by atoms with E-state index in [0.717, 1.165) is 13.1 Å². The first kappa shape index (κ1) is 29.7. The number of rotatable bonds is 13. The predicted molar refractivity (Wildman–Crippen MR) is 208 cm³/mol. The van der Waals surface area contributed by atoms with Gasteiger partial charge in [0.1, 0.15) is 0 Å². The Morgan fingerprint density at radius 3 is 1.93 bits per heavy atom. The Balaban J connectivity index is 1.20. The van der Waals surface area contributed by atoms with Crippen LogP contribution in [-0.2, 0) is 0 Å². The molecule has 0 fully saturated rings. The Kier molecular flexibility index (Phi) is 8.26. The fourth-order valence-corrected chi connectivity index (χ4v) is 9.75. The molecule has 4 heteroatoms. The quantitative estimate of drug-likeness (QED) is 0.123. The van der Waals surface area contributed by atoms with E-state index in [0.29, 0.717) is 0 Å². The van der Waals surface area contributed by atoms with E-state index in [1.165, 1.54) is 136 Å². The van der Waals surface area contributed by atoms with Crippen LogP contribution in [0.2, 0.25) is 0 Å². The molecule has 6 aromatic carbocycles. The van der Waals surface area contributed by atoms with Crippen LogP contribution in [0.3, 0.4) is 0 Å². The van der Waals surface area contributed by atoms with Crippen molar-refractivity contribution in [2.45, 2.75) is 70.1 Å². The maximum Gasteiger partial charge on any atom is 0.0582 e. The van der Waals surface area contributed by atoms with Crippen molar-refractivity contribution in [1.29, 1.82) is 0 Å². The van der Waals surface area contributed by atoms with Crippen LogP contribution in [0.4, 0.5) is 11.4 Å². The smallest absolute Gasteiger partial charge is 0.0582 e. The molecular formula is C42H42N2S2. The molecule has 0 bridgehead atoms. The van der Waals surface area contributed by atoms with Gasteiger partial charge in [0.25, 0.3) is 0 Å². The molecular weight excluding hydrogens is 597 g/mol. The Bertz CT molecular complexity index is 2120. The Hall–Kier alpha value is -3.73. The van der Waals surface area contributed by atoms with Gasteiger partial charge in [-0.05, 0) is 92.5 Å². The summed E-state index contributed by atoms with van der Waals surface area (Å²) in [4.78, 5) is 4.03. The number of hydrogen-bond donors (Lipinski definition) is 2. The van der Waals surface area contributed by atoms with E-state index in [2.05, 4.69) is 109 Å². The second-order valence-corrected chi connectivity index (χ2v) is 15.1. The highest BCUT2D eigenvalue weighted by molar-refractivity contribution is 8.09. The molecule has 0 aliphatic carbocycles. The number of anilines is 2. The molecule has 2 heterocycles. The number of benzene rings is 5. The molecule has 2 N–H and O–H groups in total. The summed E-state index contributed by atoms with van der Waals surface area (Å²) >= 11 is 3.84. The van der Waals surface area contributed by atoms with E-state index in [-0.39, 0.29) is 0 Å². The van der Waals surface area contributed by atoms with Crippen LogP contribution in [0.5, 0.6) is 0 Å². The number of unbranched alkanes of at least 4 members (excludes halogenated alkanes) is 6. The zero-order valence-corrected chi connectivity index (χ0v) is 28.6. The zero-order valence-electron chi connectivity index (χ0n) is 27.0. The van der Waals surface area contributed by atoms with Gasteiger partial charge in [-0.15, -0.1) is 11.3 Å². The van der Waals surface area contributed by atoms with Gasteiger partial charge < -0.3 is 10.6 Å². The fourth-order valence-electron chi connectivity index (χ4n) is 7.39. The van der Waals surface area contributed by atoms with Gasteiger partial charge in [0.05, 0.1) is 11.4 Å². The summed E-state index contributed by atoms with van der Waals surface area (Å²) in [5, 5.41) is 20.0. The maximum atomic E-state index is 3.83. The number of fused-ring (bicyclic) bond motifs is 3. The van der Waals surface area contributed by atoms with Crippen LogP contribution >= 0.6 is 23.1 Å². The highest BCUT2D eigenvalue weighted by Gasteiger charge is 2.20. The summed E-state index contributed by atoms with van der Waals surface area (Å²) in [6, 6.07) is 30.1. The van der Waals surface area contributed by atoms with E-state index < -0.39 is 0 Å². The summed E-state index contributed by atoms with van der Waals surface area (Å²) in [5.41, 5.74) is 3.82. The van der Waals surface area contributed by atoms with Gasteiger partial charge in [0, 0.05) is 43.2 Å². The minimum Gasteiger partial charge on any atom is -0.383 e. The minimum atomic E-state index is 1.02. The van der Waals surface area contributed by atoms with Crippen molar-refractivity contribution in [3.8, 4) is 0 Å². The minimum absolute atomic E-state index is 1.02. The molecule has 7 aromatic rings. The van der Waals surface area contributed by atoms with E-state index in [1.807, 2.05) is 23.1 Å².